The number of aldehydes is 1. The van der Waals surface area contributed by atoms with Gasteiger partial charge in [-0.2, -0.15) is 0 Å². The second-order valence-electron chi connectivity index (χ2n) is 3.87. The summed E-state index contributed by atoms with van der Waals surface area (Å²) in [6.45, 7) is 0.193. The number of hydrogen-bond donors (Lipinski definition) is 0. The van der Waals surface area contributed by atoms with E-state index in [9.17, 15) is 9.18 Å². The summed E-state index contributed by atoms with van der Waals surface area (Å²) in [6, 6.07) is 9.68. The van der Waals surface area contributed by atoms with E-state index in [-0.39, 0.29) is 12.4 Å². The fourth-order valence-electron chi connectivity index (χ4n) is 1.60. The minimum atomic E-state index is -0.334. The van der Waals surface area contributed by atoms with E-state index in [0.717, 1.165) is 10.8 Å². The summed E-state index contributed by atoms with van der Waals surface area (Å²) >= 11 is 6.50. The van der Waals surface area contributed by atoms with E-state index in [4.69, 9.17) is 4.74 Å². The van der Waals surface area contributed by atoms with Crippen molar-refractivity contribution >= 4 is 38.1 Å². The van der Waals surface area contributed by atoms with Crippen LogP contribution in [0.3, 0.4) is 0 Å². The highest BCUT2D eigenvalue weighted by atomic mass is 79.9. The first kappa shape index (κ1) is 14.2. The molecule has 0 radical (unpaired) electrons. The highest BCUT2D eigenvalue weighted by Crippen LogP contribution is 2.23. The number of ether oxygens (including phenoxy) is 1. The third kappa shape index (κ3) is 3.88. The first-order chi connectivity index (χ1) is 9.08. The van der Waals surface area contributed by atoms with Gasteiger partial charge in [0.15, 0.2) is 6.29 Å². The normalized spacial score (nSPS) is 10.3. The molecule has 2 rings (SSSR count). The van der Waals surface area contributed by atoms with Gasteiger partial charge in [-0.25, -0.2) is 4.39 Å². The molecular weight excluding hydrogens is 379 g/mol. The van der Waals surface area contributed by atoms with E-state index >= 15 is 0 Å². The second kappa shape index (κ2) is 6.30. The Balaban J connectivity index is 2.16. The van der Waals surface area contributed by atoms with Crippen LogP contribution in [0.25, 0.3) is 0 Å². The third-order valence-corrected chi connectivity index (χ3v) is 3.37. The number of carbonyl (C=O) groups excluding carboxylic acids is 1. The first-order valence-corrected chi connectivity index (χ1v) is 6.99. The number of benzene rings is 2. The van der Waals surface area contributed by atoms with E-state index in [2.05, 4.69) is 31.9 Å². The standard InChI is InChI=1S/C14H9Br2FO2/c15-11-1-2-14(10(5-11)7-18)19-8-9-3-12(16)6-13(17)4-9/h1-7H,8H2. The Morgan fingerprint density at radius 3 is 2.58 bits per heavy atom. The SMILES string of the molecule is O=Cc1cc(Br)ccc1OCc1cc(F)cc(Br)c1. The van der Waals surface area contributed by atoms with E-state index in [1.54, 1.807) is 24.3 Å². The van der Waals surface area contributed by atoms with Gasteiger partial charge in [0.1, 0.15) is 18.2 Å². The molecule has 0 aliphatic rings. The molecule has 2 nitrogen and oxygen atoms in total. The Bertz CT molecular complexity index is 594. The molecule has 0 heterocycles. The molecule has 98 valence electrons. The van der Waals surface area contributed by atoms with E-state index < -0.39 is 0 Å². The molecule has 0 N–H and O–H groups in total. The fraction of sp³-hybridized carbons (Fsp3) is 0.0714. The molecule has 0 aromatic heterocycles. The number of carbonyl (C=O) groups is 1. The van der Waals surface area contributed by atoms with Crippen LogP contribution < -0.4 is 4.74 Å². The average molecular weight is 388 g/mol. The lowest BCUT2D eigenvalue weighted by Crippen LogP contribution is -1.99. The Morgan fingerprint density at radius 1 is 1.11 bits per heavy atom. The van der Waals surface area contributed by atoms with Crippen LogP contribution in [-0.4, -0.2) is 6.29 Å². The van der Waals surface area contributed by atoms with Crippen LogP contribution in [0.1, 0.15) is 15.9 Å². The number of rotatable bonds is 4. The lowest BCUT2D eigenvalue weighted by Gasteiger charge is -2.09. The summed E-state index contributed by atoms with van der Waals surface area (Å²) in [7, 11) is 0. The van der Waals surface area contributed by atoms with Gasteiger partial charge < -0.3 is 4.74 Å². The molecule has 0 unspecified atom stereocenters. The monoisotopic (exact) mass is 386 g/mol. The quantitative estimate of drug-likeness (QED) is 0.708. The fourth-order valence-corrected chi connectivity index (χ4v) is 2.49. The van der Waals surface area contributed by atoms with Crippen molar-refractivity contribution < 1.29 is 13.9 Å². The Morgan fingerprint density at radius 2 is 1.89 bits per heavy atom. The van der Waals surface area contributed by atoms with Crippen LogP contribution >= 0.6 is 31.9 Å². The van der Waals surface area contributed by atoms with Crippen molar-refractivity contribution in [3.63, 3.8) is 0 Å². The van der Waals surface area contributed by atoms with Crippen LogP contribution in [0.15, 0.2) is 45.3 Å². The maximum atomic E-state index is 13.2. The zero-order valence-corrected chi connectivity index (χ0v) is 12.9. The van der Waals surface area contributed by atoms with Crippen molar-refractivity contribution in [2.45, 2.75) is 6.61 Å². The zero-order chi connectivity index (χ0) is 13.8. The van der Waals surface area contributed by atoms with Gasteiger partial charge in [0.05, 0.1) is 5.56 Å². The Kier molecular flexibility index (Phi) is 4.71. The van der Waals surface area contributed by atoms with Crippen LogP contribution in [0, 0.1) is 5.82 Å². The average Bonchev–Trinajstić information content (AvgIpc) is 2.36. The van der Waals surface area contributed by atoms with Crippen molar-refractivity contribution in [3.05, 3.63) is 62.3 Å². The van der Waals surface area contributed by atoms with Gasteiger partial charge in [-0.1, -0.05) is 31.9 Å². The summed E-state index contributed by atoms with van der Waals surface area (Å²) < 4.78 is 20.2. The van der Waals surface area contributed by atoms with Gasteiger partial charge in [0, 0.05) is 8.95 Å². The molecule has 0 amide bonds. The summed E-state index contributed by atoms with van der Waals surface area (Å²) in [5.41, 5.74) is 1.14. The van der Waals surface area contributed by atoms with Crippen LogP contribution in [-0.2, 0) is 6.61 Å². The van der Waals surface area contributed by atoms with Crippen molar-refractivity contribution in [2.75, 3.05) is 0 Å². The molecule has 0 atom stereocenters. The molecule has 5 heteroatoms. The van der Waals surface area contributed by atoms with Gasteiger partial charge >= 0.3 is 0 Å². The maximum Gasteiger partial charge on any atom is 0.153 e. The molecule has 0 fully saturated rings. The van der Waals surface area contributed by atoms with Crippen LogP contribution in [0.4, 0.5) is 4.39 Å². The summed E-state index contributed by atoms with van der Waals surface area (Å²) in [5.74, 6) is 0.137. The highest BCUT2D eigenvalue weighted by Gasteiger charge is 2.05. The van der Waals surface area contributed by atoms with Gasteiger partial charge in [-0.3, -0.25) is 4.79 Å². The summed E-state index contributed by atoms with van der Waals surface area (Å²) in [4.78, 5) is 10.9. The number of hydrogen-bond acceptors (Lipinski definition) is 2. The lowest BCUT2D eigenvalue weighted by atomic mass is 10.2. The maximum absolute atomic E-state index is 13.2. The Labute approximate surface area is 126 Å². The van der Waals surface area contributed by atoms with Crippen molar-refractivity contribution in [2.24, 2.45) is 0 Å². The molecule has 2 aromatic carbocycles. The van der Waals surface area contributed by atoms with Crippen LogP contribution in [0.2, 0.25) is 0 Å². The van der Waals surface area contributed by atoms with E-state index in [1.807, 2.05) is 0 Å². The minimum Gasteiger partial charge on any atom is -0.488 e. The topological polar surface area (TPSA) is 26.3 Å². The molecule has 0 spiro atoms. The predicted octanol–water partition coefficient (Wildman–Crippen LogP) is 4.74. The summed E-state index contributed by atoms with van der Waals surface area (Å²) in [6.07, 6.45) is 0.724. The lowest BCUT2D eigenvalue weighted by molar-refractivity contribution is 0.111. The van der Waals surface area contributed by atoms with Gasteiger partial charge in [-0.05, 0) is 42.0 Å². The smallest absolute Gasteiger partial charge is 0.153 e. The molecule has 2 aromatic rings. The highest BCUT2D eigenvalue weighted by molar-refractivity contribution is 9.10. The largest absolute Gasteiger partial charge is 0.488 e. The Hall–Kier alpha value is -1.20. The van der Waals surface area contributed by atoms with Gasteiger partial charge in [0.25, 0.3) is 0 Å². The van der Waals surface area contributed by atoms with Crippen molar-refractivity contribution in [1.82, 2.24) is 0 Å². The van der Waals surface area contributed by atoms with E-state index in [0.29, 0.717) is 21.3 Å². The first-order valence-electron chi connectivity index (χ1n) is 5.41. The van der Waals surface area contributed by atoms with Crippen LogP contribution in [0.5, 0.6) is 5.75 Å². The summed E-state index contributed by atoms with van der Waals surface area (Å²) in [5, 5.41) is 0. The number of halogens is 3. The molecule has 0 saturated carbocycles. The van der Waals surface area contributed by atoms with E-state index in [1.165, 1.54) is 12.1 Å². The van der Waals surface area contributed by atoms with Crippen molar-refractivity contribution in [3.8, 4) is 5.75 Å². The minimum absolute atomic E-state index is 0.193. The third-order valence-electron chi connectivity index (χ3n) is 2.42. The zero-order valence-electron chi connectivity index (χ0n) is 9.70. The molecule has 0 aliphatic heterocycles. The molecule has 0 saturated heterocycles. The molecule has 0 bridgehead atoms. The van der Waals surface area contributed by atoms with Gasteiger partial charge in [0.2, 0.25) is 0 Å². The predicted molar refractivity (Wildman–Crippen MR) is 78.0 cm³/mol. The molecular formula is C14H9Br2FO2. The van der Waals surface area contributed by atoms with Crippen molar-refractivity contribution in [1.29, 1.82) is 0 Å². The molecule has 19 heavy (non-hydrogen) atoms. The van der Waals surface area contributed by atoms with Gasteiger partial charge in [-0.15, -0.1) is 0 Å². The second-order valence-corrected chi connectivity index (χ2v) is 5.70. The molecule has 0 aliphatic carbocycles.